The molecule has 2 rings (SSSR count). The molecule has 1 nitrogen and oxygen atoms in total. The lowest BCUT2D eigenvalue weighted by atomic mass is 9.86. The monoisotopic (exact) mass is 246 g/mol. The molecule has 100 valence electrons. The summed E-state index contributed by atoms with van der Waals surface area (Å²) < 4.78 is 0. The smallest absolute Gasteiger partial charge is 0.140 e. The summed E-state index contributed by atoms with van der Waals surface area (Å²) in [6, 6.07) is 0. The zero-order valence-corrected chi connectivity index (χ0v) is 11.9. The van der Waals surface area contributed by atoms with Crippen LogP contribution in [0.25, 0.3) is 0 Å². The molecule has 2 atom stereocenters. The molecule has 0 aromatic rings. The molecule has 0 fully saturated rings. The van der Waals surface area contributed by atoms with E-state index in [1.54, 1.807) is 0 Å². The van der Waals surface area contributed by atoms with Crippen molar-refractivity contribution in [3.63, 3.8) is 0 Å². The van der Waals surface area contributed by atoms with E-state index in [0.29, 0.717) is 18.6 Å². The van der Waals surface area contributed by atoms with Gasteiger partial charge in [0.1, 0.15) is 5.78 Å². The van der Waals surface area contributed by atoms with Crippen LogP contribution >= 0.6 is 0 Å². The number of allylic oxidation sites excluding steroid dienone is 4. The van der Waals surface area contributed by atoms with Gasteiger partial charge in [0, 0.05) is 12.8 Å². The van der Waals surface area contributed by atoms with Crippen molar-refractivity contribution in [2.24, 2.45) is 11.8 Å². The van der Waals surface area contributed by atoms with Crippen LogP contribution in [0.4, 0.5) is 0 Å². The highest BCUT2D eigenvalue weighted by molar-refractivity contribution is 5.83. The van der Waals surface area contributed by atoms with Crippen LogP contribution in [0, 0.1) is 11.8 Å². The van der Waals surface area contributed by atoms with E-state index in [1.165, 1.54) is 36.8 Å². The van der Waals surface area contributed by atoms with Gasteiger partial charge in [-0.3, -0.25) is 4.79 Å². The van der Waals surface area contributed by atoms with Gasteiger partial charge < -0.3 is 0 Å². The molecule has 2 aliphatic carbocycles. The van der Waals surface area contributed by atoms with Gasteiger partial charge in [0.15, 0.2) is 0 Å². The maximum atomic E-state index is 12.1. The lowest BCUT2D eigenvalue weighted by molar-refractivity contribution is -0.117. The van der Waals surface area contributed by atoms with E-state index in [4.69, 9.17) is 0 Å². The summed E-state index contributed by atoms with van der Waals surface area (Å²) in [6.45, 7) is 4.59. The molecular weight excluding hydrogens is 220 g/mol. The highest BCUT2D eigenvalue weighted by atomic mass is 16.1. The molecule has 0 saturated carbocycles. The topological polar surface area (TPSA) is 17.1 Å². The van der Waals surface area contributed by atoms with Crippen molar-refractivity contribution in [2.75, 3.05) is 0 Å². The van der Waals surface area contributed by atoms with Crippen LogP contribution in [0.2, 0.25) is 0 Å². The fourth-order valence-corrected chi connectivity index (χ4v) is 2.93. The maximum absolute atomic E-state index is 12.1. The Labute approximate surface area is 111 Å². The van der Waals surface area contributed by atoms with Crippen LogP contribution in [0.1, 0.15) is 65.2 Å². The summed E-state index contributed by atoms with van der Waals surface area (Å²) in [6.07, 6.45) is 13.2. The standard InChI is InChI=1S/C17H26O/c1-13-3-7-15(8-4-13)11-17(18)12-16-9-5-14(2)6-10-16/h7,9,13-14H,3-6,8,10-12H2,1-2H3. The van der Waals surface area contributed by atoms with Crippen molar-refractivity contribution < 1.29 is 4.79 Å². The van der Waals surface area contributed by atoms with E-state index in [9.17, 15) is 4.79 Å². The van der Waals surface area contributed by atoms with Crippen LogP contribution in [-0.4, -0.2) is 5.78 Å². The third-order valence-corrected chi connectivity index (χ3v) is 4.38. The Hall–Kier alpha value is -0.850. The predicted molar refractivity (Wildman–Crippen MR) is 76.4 cm³/mol. The van der Waals surface area contributed by atoms with E-state index in [-0.39, 0.29) is 0 Å². The van der Waals surface area contributed by atoms with E-state index < -0.39 is 0 Å². The molecule has 1 heteroatoms. The number of rotatable bonds is 4. The summed E-state index contributed by atoms with van der Waals surface area (Å²) in [5, 5.41) is 0. The molecule has 0 aromatic heterocycles. The second kappa shape index (κ2) is 6.36. The highest BCUT2D eigenvalue weighted by Crippen LogP contribution is 2.28. The van der Waals surface area contributed by atoms with Crippen molar-refractivity contribution in [2.45, 2.75) is 65.2 Å². The second-order valence-electron chi connectivity index (χ2n) is 6.38. The lowest BCUT2D eigenvalue weighted by Gasteiger charge is -2.19. The number of ketones is 1. The number of carbonyl (C=O) groups is 1. The fourth-order valence-electron chi connectivity index (χ4n) is 2.93. The van der Waals surface area contributed by atoms with Gasteiger partial charge in [-0.25, -0.2) is 0 Å². The Balaban J connectivity index is 1.79. The van der Waals surface area contributed by atoms with Crippen LogP contribution in [-0.2, 0) is 4.79 Å². The summed E-state index contributed by atoms with van der Waals surface area (Å²) in [4.78, 5) is 12.1. The van der Waals surface area contributed by atoms with Crippen molar-refractivity contribution in [1.29, 1.82) is 0 Å². The Bertz CT molecular complexity index is 328. The zero-order chi connectivity index (χ0) is 13.0. The quantitative estimate of drug-likeness (QED) is 0.649. The third-order valence-electron chi connectivity index (χ3n) is 4.38. The Morgan fingerprint density at radius 3 is 1.78 bits per heavy atom. The summed E-state index contributed by atoms with van der Waals surface area (Å²) >= 11 is 0. The van der Waals surface area contributed by atoms with Gasteiger partial charge in [-0.05, 0) is 50.4 Å². The molecule has 0 amide bonds. The second-order valence-corrected chi connectivity index (χ2v) is 6.38. The van der Waals surface area contributed by atoms with E-state index in [1.807, 2.05) is 0 Å². The van der Waals surface area contributed by atoms with Crippen molar-refractivity contribution in [3.05, 3.63) is 23.3 Å². The Morgan fingerprint density at radius 2 is 1.44 bits per heavy atom. The van der Waals surface area contributed by atoms with E-state index >= 15 is 0 Å². The number of hydrogen-bond donors (Lipinski definition) is 0. The SMILES string of the molecule is CC1CC=C(CC(=O)CC2=CCC(C)CC2)CC1. The molecule has 0 spiro atoms. The summed E-state index contributed by atoms with van der Waals surface area (Å²) in [7, 11) is 0. The molecule has 0 aromatic carbocycles. The van der Waals surface area contributed by atoms with Crippen LogP contribution < -0.4 is 0 Å². The summed E-state index contributed by atoms with van der Waals surface area (Å²) in [5.74, 6) is 2.05. The van der Waals surface area contributed by atoms with E-state index in [0.717, 1.165) is 24.7 Å². The van der Waals surface area contributed by atoms with Crippen LogP contribution in [0.15, 0.2) is 23.3 Å². The Morgan fingerprint density at radius 1 is 1.00 bits per heavy atom. The minimum atomic E-state index is 0.427. The van der Waals surface area contributed by atoms with Crippen molar-refractivity contribution >= 4 is 5.78 Å². The van der Waals surface area contributed by atoms with Crippen molar-refractivity contribution in [3.8, 4) is 0 Å². The number of hydrogen-bond acceptors (Lipinski definition) is 1. The van der Waals surface area contributed by atoms with Gasteiger partial charge in [0.05, 0.1) is 0 Å². The normalized spacial score (nSPS) is 28.6. The number of Topliss-reactive ketones (excluding diaryl/α,β-unsaturated/α-hetero) is 1. The van der Waals surface area contributed by atoms with Gasteiger partial charge in [-0.1, -0.05) is 37.1 Å². The van der Waals surface area contributed by atoms with Gasteiger partial charge in [-0.2, -0.15) is 0 Å². The predicted octanol–water partition coefficient (Wildman–Crippen LogP) is 4.83. The number of carbonyl (C=O) groups excluding carboxylic acids is 1. The van der Waals surface area contributed by atoms with Gasteiger partial charge >= 0.3 is 0 Å². The minimum Gasteiger partial charge on any atom is -0.299 e. The molecule has 0 N–H and O–H groups in total. The molecule has 0 radical (unpaired) electrons. The van der Waals surface area contributed by atoms with Gasteiger partial charge in [0.2, 0.25) is 0 Å². The van der Waals surface area contributed by atoms with Gasteiger partial charge in [0.25, 0.3) is 0 Å². The average molecular weight is 246 g/mol. The molecule has 0 saturated heterocycles. The summed E-state index contributed by atoms with van der Waals surface area (Å²) in [5.41, 5.74) is 2.78. The van der Waals surface area contributed by atoms with E-state index in [2.05, 4.69) is 26.0 Å². The highest BCUT2D eigenvalue weighted by Gasteiger charge is 2.16. The first kappa shape index (κ1) is 13.6. The zero-order valence-electron chi connectivity index (χ0n) is 11.9. The first-order valence-electron chi connectivity index (χ1n) is 7.51. The first-order valence-corrected chi connectivity index (χ1v) is 7.51. The molecule has 0 heterocycles. The molecule has 0 bridgehead atoms. The largest absolute Gasteiger partial charge is 0.299 e. The Kier molecular flexibility index (Phi) is 4.79. The van der Waals surface area contributed by atoms with Crippen molar-refractivity contribution in [1.82, 2.24) is 0 Å². The molecule has 2 aliphatic rings. The minimum absolute atomic E-state index is 0.427. The third kappa shape index (κ3) is 4.12. The average Bonchev–Trinajstić information content (AvgIpc) is 2.35. The van der Waals surface area contributed by atoms with Crippen LogP contribution in [0.3, 0.4) is 0 Å². The van der Waals surface area contributed by atoms with Crippen LogP contribution in [0.5, 0.6) is 0 Å². The molecule has 2 unspecified atom stereocenters. The first-order chi connectivity index (χ1) is 8.63. The van der Waals surface area contributed by atoms with Gasteiger partial charge in [-0.15, -0.1) is 0 Å². The molecule has 0 aliphatic heterocycles. The molecule has 18 heavy (non-hydrogen) atoms. The maximum Gasteiger partial charge on any atom is 0.140 e. The molecular formula is C17H26O. The fraction of sp³-hybridized carbons (Fsp3) is 0.706. The lowest BCUT2D eigenvalue weighted by Crippen LogP contribution is -2.09.